The molecular weight excluding hydrogens is 160 g/mol. The number of likely N-dealkylation sites (N-methyl/N-ethyl adjacent to an activating group) is 2. The molecule has 0 fully saturated rings. The highest BCUT2D eigenvalue weighted by Crippen LogP contribution is 1.96. The first-order valence-electron chi connectivity index (χ1n) is 5.20. The summed E-state index contributed by atoms with van der Waals surface area (Å²) in [5, 5.41) is 0. The van der Waals surface area contributed by atoms with E-state index >= 15 is 0 Å². The largest absolute Gasteiger partial charge is 0.303 e. The monoisotopic (exact) mass is 184 g/mol. The summed E-state index contributed by atoms with van der Waals surface area (Å²) in [6.07, 6.45) is 1.99. The lowest BCUT2D eigenvalue weighted by molar-refractivity contribution is 0.225. The maximum absolute atomic E-state index is 3.79. The summed E-state index contributed by atoms with van der Waals surface area (Å²) < 4.78 is 0. The molecule has 0 bridgehead atoms. The van der Waals surface area contributed by atoms with Crippen LogP contribution in [-0.2, 0) is 0 Å². The Hall–Kier alpha value is -0.340. The number of rotatable bonds is 7. The van der Waals surface area contributed by atoms with Gasteiger partial charge in [-0.15, -0.1) is 6.58 Å². The highest BCUT2D eigenvalue weighted by molar-refractivity contribution is 4.82. The van der Waals surface area contributed by atoms with E-state index in [4.69, 9.17) is 0 Å². The maximum atomic E-state index is 3.79. The summed E-state index contributed by atoms with van der Waals surface area (Å²) in [5.74, 6) is 0. The van der Waals surface area contributed by atoms with Crippen LogP contribution in [0.25, 0.3) is 0 Å². The molecule has 1 atom stereocenters. The second kappa shape index (κ2) is 7.10. The van der Waals surface area contributed by atoms with Crippen LogP contribution in [0, 0.1) is 0 Å². The minimum absolute atomic E-state index is 0.482. The standard InChI is InChI=1S/C11H24N2/c1-6-11(4)12(5)9-10-13(7-2)8-3/h6,11H,1,7-10H2,2-5H3. The second-order valence-electron chi connectivity index (χ2n) is 3.48. The van der Waals surface area contributed by atoms with E-state index in [0.29, 0.717) is 6.04 Å². The van der Waals surface area contributed by atoms with Gasteiger partial charge in [0.25, 0.3) is 0 Å². The Morgan fingerprint density at radius 2 is 1.77 bits per heavy atom. The molecule has 0 radical (unpaired) electrons. The van der Waals surface area contributed by atoms with Gasteiger partial charge in [-0.25, -0.2) is 0 Å². The Kier molecular flexibility index (Phi) is 6.92. The first-order valence-corrected chi connectivity index (χ1v) is 5.20. The molecule has 0 saturated carbocycles. The third-order valence-corrected chi connectivity index (χ3v) is 2.70. The normalized spacial score (nSPS) is 13.7. The van der Waals surface area contributed by atoms with Crippen molar-refractivity contribution < 1.29 is 0 Å². The predicted molar refractivity (Wildman–Crippen MR) is 60.1 cm³/mol. The SMILES string of the molecule is C=CC(C)N(C)CCN(CC)CC. The first kappa shape index (κ1) is 12.7. The molecule has 1 unspecified atom stereocenters. The molecule has 0 aliphatic rings. The van der Waals surface area contributed by atoms with Gasteiger partial charge in [-0.05, 0) is 27.1 Å². The summed E-state index contributed by atoms with van der Waals surface area (Å²) in [6, 6.07) is 0.482. The van der Waals surface area contributed by atoms with Gasteiger partial charge in [-0.3, -0.25) is 4.90 Å². The van der Waals surface area contributed by atoms with Crippen LogP contribution in [0.1, 0.15) is 20.8 Å². The van der Waals surface area contributed by atoms with E-state index in [2.05, 4.69) is 44.2 Å². The van der Waals surface area contributed by atoms with Crippen LogP contribution >= 0.6 is 0 Å². The highest BCUT2D eigenvalue weighted by atomic mass is 15.2. The summed E-state index contributed by atoms with van der Waals surface area (Å²) in [4.78, 5) is 4.76. The molecule has 0 spiro atoms. The van der Waals surface area contributed by atoms with E-state index in [1.807, 2.05) is 6.08 Å². The Balaban J connectivity index is 3.67. The van der Waals surface area contributed by atoms with Gasteiger partial charge < -0.3 is 4.90 Å². The van der Waals surface area contributed by atoms with Crippen LogP contribution in [0.2, 0.25) is 0 Å². The molecule has 2 nitrogen and oxygen atoms in total. The van der Waals surface area contributed by atoms with Crippen molar-refractivity contribution in [2.75, 3.05) is 33.2 Å². The van der Waals surface area contributed by atoms with Crippen LogP contribution in [0.15, 0.2) is 12.7 Å². The fraction of sp³-hybridized carbons (Fsp3) is 0.818. The molecule has 0 rings (SSSR count). The summed E-state index contributed by atoms with van der Waals surface area (Å²) >= 11 is 0. The van der Waals surface area contributed by atoms with Crippen molar-refractivity contribution in [1.29, 1.82) is 0 Å². The van der Waals surface area contributed by atoms with Gasteiger partial charge in [0.15, 0.2) is 0 Å². The van der Waals surface area contributed by atoms with Crippen molar-refractivity contribution in [3.05, 3.63) is 12.7 Å². The zero-order chi connectivity index (χ0) is 10.3. The molecular formula is C11H24N2. The molecule has 0 aliphatic heterocycles. The Morgan fingerprint density at radius 1 is 1.23 bits per heavy atom. The topological polar surface area (TPSA) is 6.48 Å². The fourth-order valence-corrected chi connectivity index (χ4v) is 1.22. The average Bonchev–Trinajstić information content (AvgIpc) is 2.17. The number of nitrogens with zero attached hydrogens (tertiary/aromatic N) is 2. The summed E-state index contributed by atoms with van der Waals surface area (Å²) in [5.41, 5.74) is 0. The zero-order valence-electron chi connectivity index (χ0n) is 9.58. The van der Waals surface area contributed by atoms with E-state index in [0.717, 1.165) is 26.2 Å². The molecule has 0 amide bonds. The lowest BCUT2D eigenvalue weighted by atomic mass is 10.3. The summed E-state index contributed by atoms with van der Waals surface area (Å²) in [7, 11) is 2.15. The van der Waals surface area contributed by atoms with E-state index in [1.165, 1.54) is 0 Å². The average molecular weight is 184 g/mol. The molecule has 13 heavy (non-hydrogen) atoms. The van der Waals surface area contributed by atoms with Crippen molar-refractivity contribution in [3.63, 3.8) is 0 Å². The van der Waals surface area contributed by atoms with Crippen molar-refractivity contribution in [3.8, 4) is 0 Å². The Morgan fingerprint density at radius 3 is 2.15 bits per heavy atom. The predicted octanol–water partition coefficient (Wildman–Crippen LogP) is 1.83. The van der Waals surface area contributed by atoms with Gasteiger partial charge in [0.1, 0.15) is 0 Å². The van der Waals surface area contributed by atoms with Crippen molar-refractivity contribution in [2.45, 2.75) is 26.8 Å². The molecule has 0 N–H and O–H groups in total. The van der Waals surface area contributed by atoms with Gasteiger partial charge in [-0.2, -0.15) is 0 Å². The van der Waals surface area contributed by atoms with E-state index < -0.39 is 0 Å². The molecule has 78 valence electrons. The maximum Gasteiger partial charge on any atom is 0.0244 e. The zero-order valence-corrected chi connectivity index (χ0v) is 9.58. The minimum Gasteiger partial charge on any atom is -0.303 e. The first-order chi connectivity index (χ1) is 6.15. The van der Waals surface area contributed by atoms with Gasteiger partial charge in [-0.1, -0.05) is 19.9 Å². The third-order valence-electron chi connectivity index (χ3n) is 2.70. The molecule has 0 aromatic heterocycles. The van der Waals surface area contributed by atoms with Crippen molar-refractivity contribution in [1.82, 2.24) is 9.80 Å². The van der Waals surface area contributed by atoms with Gasteiger partial charge >= 0.3 is 0 Å². The molecule has 0 aliphatic carbocycles. The Labute approximate surface area is 83.2 Å². The smallest absolute Gasteiger partial charge is 0.0244 e. The van der Waals surface area contributed by atoms with Gasteiger partial charge in [0, 0.05) is 19.1 Å². The minimum atomic E-state index is 0.482. The van der Waals surface area contributed by atoms with Crippen LogP contribution < -0.4 is 0 Å². The quantitative estimate of drug-likeness (QED) is 0.557. The third kappa shape index (κ3) is 5.06. The highest BCUT2D eigenvalue weighted by Gasteiger charge is 2.06. The van der Waals surface area contributed by atoms with Gasteiger partial charge in [0.05, 0.1) is 0 Å². The molecule has 0 aromatic rings. The van der Waals surface area contributed by atoms with Crippen LogP contribution in [0.3, 0.4) is 0 Å². The fourth-order valence-electron chi connectivity index (χ4n) is 1.22. The number of hydrogen-bond acceptors (Lipinski definition) is 2. The van der Waals surface area contributed by atoms with Gasteiger partial charge in [0.2, 0.25) is 0 Å². The second-order valence-corrected chi connectivity index (χ2v) is 3.48. The van der Waals surface area contributed by atoms with Crippen LogP contribution in [0.5, 0.6) is 0 Å². The van der Waals surface area contributed by atoms with E-state index in [9.17, 15) is 0 Å². The van der Waals surface area contributed by atoms with Crippen LogP contribution in [-0.4, -0.2) is 49.1 Å². The summed E-state index contributed by atoms with van der Waals surface area (Å²) in [6.45, 7) is 15.0. The molecule has 0 aromatic carbocycles. The van der Waals surface area contributed by atoms with E-state index in [1.54, 1.807) is 0 Å². The molecule has 0 saturated heterocycles. The molecule has 0 heterocycles. The lowest BCUT2D eigenvalue weighted by Gasteiger charge is -2.25. The Bertz CT molecular complexity index is 130. The molecule has 2 heteroatoms. The lowest BCUT2D eigenvalue weighted by Crippen LogP contribution is -2.36. The number of hydrogen-bond donors (Lipinski definition) is 0. The van der Waals surface area contributed by atoms with Crippen molar-refractivity contribution in [2.24, 2.45) is 0 Å². The van der Waals surface area contributed by atoms with Crippen molar-refractivity contribution >= 4 is 0 Å². The van der Waals surface area contributed by atoms with Crippen LogP contribution in [0.4, 0.5) is 0 Å². The van der Waals surface area contributed by atoms with E-state index in [-0.39, 0.29) is 0 Å².